The number of anilines is 1. The second-order valence-corrected chi connectivity index (χ2v) is 4.85. The van der Waals surface area contributed by atoms with Gasteiger partial charge in [0.2, 0.25) is 0 Å². The lowest BCUT2D eigenvalue weighted by Gasteiger charge is -2.37. The van der Waals surface area contributed by atoms with Gasteiger partial charge in [0.25, 0.3) is 0 Å². The van der Waals surface area contributed by atoms with Crippen molar-refractivity contribution in [3.8, 4) is 0 Å². The van der Waals surface area contributed by atoms with Crippen molar-refractivity contribution in [1.82, 2.24) is 4.98 Å². The van der Waals surface area contributed by atoms with Gasteiger partial charge in [0, 0.05) is 18.6 Å². The number of hydrogen-bond donors (Lipinski definition) is 1. The van der Waals surface area contributed by atoms with Gasteiger partial charge in [0.15, 0.2) is 0 Å². The Morgan fingerprint density at radius 2 is 2.00 bits per heavy atom. The highest BCUT2D eigenvalue weighted by atomic mass is 35.5. The molecule has 0 atom stereocenters. The zero-order valence-electron chi connectivity index (χ0n) is 9.32. The van der Waals surface area contributed by atoms with Crippen LogP contribution in [0.1, 0.15) is 19.8 Å². The highest BCUT2D eigenvalue weighted by molar-refractivity contribution is 6.29. The molecule has 1 aromatic rings. The van der Waals surface area contributed by atoms with Crippen molar-refractivity contribution in [2.45, 2.75) is 25.3 Å². The lowest BCUT2D eigenvalue weighted by molar-refractivity contribution is 0.363. The average molecular weight is 262 g/mol. The molecule has 0 bridgehead atoms. The summed E-state index contributed by atoms with van der Waals surface area (Å²) in [6.45, 7) is 4.02. The Kier molecular flexibility index (Phi) is 4.42. The van der Waals surface area contributed by atoms with Gasteiger partial charge in [-0.05, 0) is 31.9 Å². The van der Waals surface area contributed by atoms with Crippen LogP contribution in [0.3, 0.4) is 0 Å². The summed E-state index contributed by atoms with van der Waals surface area (Å²) in [5.74, 6) is 0.956. The van der Waals surface area contributed by atoms with E-state index in [1.165, 1.54) is 0 Å². The molecule has 0 unspecified atom stereocenters. The van der Waals surface area contributed by atoms with Crippen LogP contribution in [0.2, 0.25) is 5.15 Å². The largest absolute Gasteiger partial charge is 0.356 e. The number of pyridine rings is 1. The summed E-state index contributed by atoms with van der Waals surface area (Å²) in [6.07, 6.45) is 2.00. The van der Waals surface area contributed by atoms with E-state index in [-0.39, 0.29) is 17.9 Å². The third-order valence-corrected chi connectivity index (χ3v) is 3.14. The first kappa shape index (κ1) is 13.6. The van der Waals surface area contributed by atoms with Crippen molar-refractivity contribution < 1.29 is 0 Å². The number of halogens is 2. The average Bonchev–Trinajstić information content (AvgIpc) is 2.17. The first-order valence-corrected chi connectivity index (χ1v) is 5.61. The summed E-state index contributed by atoms with van der Waals surface area (Å²) in [6, 6.07) is 5.72. The highest BCUT2D eigenvalue weighted by Gasteiger charge is 2.26. The van der Waals surface area contributed by atoms with E-state index < -0.39 is 0 Å². The first-order chi connectivity index (χ1) is 7.07. The van der Waals surface area contributed by atoms with Crippen LogP contribution in [0.5, 0.6) is 0 Å². The Morgan fingerprint density at radius 1 is 1.38 bits per heavy atom. The molecule has 1 saturated heterocycles. The third-order valence-electron chi connectivity index (χ3n) is 2.93. The Labute approximate surface area is 107 Å². The van der Waals surface area contributed by atoms with E-state index >= 15 is 0 Å². The molecule has 3 nitrogen and oxygen atoms in total. The molecule has 2 heterocycles. The molecule has 16 heavy (non-hydrogen) atoms. The van der Waals surface area contributed by atoms with Crippen molar-refractivity contribution >= 4 is 29.8 Å². The Bertz CT molecular complexity index is 345. The summed E-state index contributed by atoms with van der Waals surface area (Å²) in [5.41, 5.74) is 6.06. The van der Waals surface area contributed by atoms with Crippen LogP contribution in [-0.2, 0) is 0 Å². The Hall–Kier alpha value is -0.510. The van der Waals surface area contributed by atoms with E-state index in [0.717, 1.165) is 31.7 Å². The molecule has 1 aromatic heterocycles. The van der Waals surface area contributed by atoms with Crippen LogP contribution >= 0.6 is 24.0 Å². The van der Waals surface area contributed by atoms with Gasteiger partial charge in [0.1, 0.15) is 11.0 Å². The molecule has 1 fully saturated rings. The number of piperidine rings is 1. The molecule has 90 valence electrons. The summed E-state index contributed by atoms with van der Waals surface area (Å²) in [4.78, 5) is 6.53. The summed E-state index contributed by atoms with van der Waals surface area (Å²) < 4.78 is 0. The van der Waals surface area contributed by atoms with Gasteiger partial charge in [-0.25, -0.2) is 4.98 Å². The van der Waals surface area contributed by atoms with Gasteiger partial charge < -0.3 is 10.6 Å². The van der Waals surface area contributed by atoms with Crippen molar-refractivity contribution in [2.75, 3.05) is 18.0 Å². The Balaban J connectivity index is 0.00000128. The van der Waals surface area contributed by atoms with E-state index in [0.29, 0.717) is 5.15 Å². The van der Waals surface area contributed by atoms with Crippen molar-refractivity contribution in [3.05, 3.63) is 23.4 Å². The van der Waals surface area contributed by atoms with Crippen molar-refractivity contribution in [3.63, 3.8) is 0 Å². The Morgan fingerprint density at radius 3 is 2.56 bits per heavy atom. The van der Waals surface area contributed by atoms with E-state index in [1.807, 2.05) is 12.1 Å². The zero-order chi connectivity index (χ0) is 10.9. The molecular formula is C11H17Cl2N3. The fourth-order valence-corrected chi connectivity index (χ4v) is 1.98. The summed E-state index contributed by atoms with van der Waals surface area (Å²) >= 11 is 5.86. The lowest BCUT2D eigenvalue weighted by atomic mass is 9.91. The maximum absolute atomic E-state index is 6.07. The maximum Gasteiger partial charge on any atom is 0.131 e. The molecule has 0 radical (unpaired) electrons. The summed E-state index contributed by atoms with van der Waals surface area (Å²) in [7, 11) is 0. The van der Waals surface area contributed by atoms with E-state index in [2.05, 4.69) is 16.8 Å². The van der Waals surface area contributed by atoms with Crippen molar-refractivity contribution in [2.24, 2.45) is 5.73 Å². The molecule has 1 aliphatic rings. The van der Waals surface area contributed by atoms with E-state index in [1.54, 1.807) is 6.07 Å². The zero-order valence-corrected chi connectivity index (χ0v) is 10.9. The van der Waals surface area contributed by atoms with Crippen LogP contribution in [0.4, 0.5) is 5.82 Å². The number of aromatic nitrogens is 1. The molecule has 2 rings (SSSR count). The van der Waals surface area contributed by atoms with Gasteiger partial charge in [-0.2, -0.15) is 0 Å². The van der Waals surface area contributed by atoms with Gasteiger partial charge in [-0.3, -0.25) is 0 Å². The quantitative estimate of drug-likeness (QED) is 0.790. The molecule has 0 spiro atoms. The molecule has 0 amide bonds. The van der Waals surface area contributed by atoms with Crippen LogP contribution < -0.4 is 10.6 Å². The van der Waals surface area contributed by atoms with E-state index in [9.17, 15) is 0 Å². The smallest absolute Gasteiger partial charge is 0.131 e. The third kappa shape index (κ3) is 3.24. The predicted octanol–water partition coefficient (Wildman–Crippen LogP) is 2.47. The molecule has 1 aliphatic heterocycles. The first-order valence-electron chi connectivity index (χ1n) is 5.23. The monoisotopic (exact) mass is 261 g/mol. The van der Waals surface area contributed by atoms with Gasteiger partial charge in [0.05, 0.1) is 0 Å². The van der Waals surface area contributed by atoms with E-state index in [4.69, 9.17) is 17.3 Å². The lowest BCUT2D eigenvalue weighted by Crippen LogP contribution is -2.48. The second kappa shape index (κ2) is 5.21. The molecule has 0 aliphatic carbocycles. The fourth-order valence-electron chi connectivity index (χ4n) is 1.82. The van der Waals surface area contributed by atoms with Crippen LogP contribution in [0.25, 0.3) is 0 Å². The number of hydrogen-bond acceptors (Lipinski definition) is 3. The minimum Gasteiger partial charge on any atom is -0.356 e. The molecule has 0 aromatic carbocycles. The molecular weight excluding hydrogens is 245 g/mol. The fraction of sp³-hybridized carbons (Fsp3) is 0.545. The maximum atomic E-state index is 6.07. The molecule has 5 heteroatoms. The van der Waals surface area contributed by atoms with Gasteiger partial charge in [-0.15, -0.1) is 12.4 Å². The number of rotatable bonds is 1. The predicted molar refractivity (Wildman–Crippen MR) is 70.5 cm³/mol. The highest BCUT2D eigenvalue weighted by Crippen LogP contribution is 2.23. The summed E-state index contributed by atoms with van der Waals surface area (Å²) in [5, 5.41) is 0.550. The number of nitrogens with zero attached hydrogens (tertiary/aromatic N) is 2. The molecule has 2 N–H and O–H groups in total. The molecule has 0 saturated carbocycles. The second-order valence-electron chi connectivity index (χ2n) is 4.46. The topological polar surface area (TPSA) is 42.1 Å². The minimum atomic E-state index is -0.0188. The van der Waals surface area contributed by atoms with Crippen molar-refractivity contribution in [1.29, 1.82) is 0 Å². The normalized spacial score (nSPS) is 19.1. The van der Waals surface area contributed by atoms with Crippen LogP contribution in [0, 0.1) is 0 Å². The van der Waals surface area contributed by atoms with Crippen LogP contribution in [0.15, 0.2) is 18.2 Å². The minimum absolute atomic E-state index is 0. The SMILES string of the molecule is CC1(N)CCN(c2cccc(Cl)n2)CC1.Cl. The van der Waals surface area contributed by atoms with Crippen LogP contribution in [-0.4, -0.2) is 23.6 Å². The standard InChI is InChI=1S/C11H16ClN3.ClH/c1-11(13)5-7-15(8-6-11)10-4-2-3-9(12)14-10;/h2-4H,5-8,13H2,1H3;1H. The van der Waals surface area contributed by atoms with Gasteiger partial charge >= 0.3 is 0 Å². The number of nitrogens with two attached hydrogens (primary N) is 1. The van der Waals surface area contributed by atoms with Gasteiger partial charge in [-0.1, -0.05) is 17.7 Å².